The highest BCUT2D eigenvalue weighted by atomic mass is 15.2. The summed E-state index contributed by atoms with van der Waals surface area (Å²) in [6.45, 7) is 5.75. The van der Waals surface area contributed by atoms with Crippen molar-refractivity contribution in [3.63, 3.8) is 0 Å². The molecule has 2 nitrogen and oxygen atoms in total. The fourth-order valence-electron chi connectivity index (χ4n) is 2.89. The van der Waals surface area contributed by atoms with Crippen LogP contribution in [0.15, 0.2) is 0 Å². The predicted octanol–water partition coefficient (Wildman–Crippen LogP) is 3.03. The van der Waals surface area contributed by atoms with E-state index in [2.05, 4.69) is 38.2 Å². The van der Waals surface area contributed by atoms with Gasteiger partial charge in [-0.15, -0.1) is 0 Å². The van der Waals surface area contributed by atoms with E-state index in [1.54, 1.807) is 0 Å². The van der Waals surface area contributed by atoms with Crippen LogP contribution >= 0.6 is 0 Å². The second-order valence-corrected chi connectivity index (χ2v) is 5.75. The van der Waals surface area contributed by atoms with Crippen LogP contribution in [0.1, 0.15) is 58.8 Å². The topological polar surface area (TPSA) is 15.3 Å². The summed E-state index contributed by atoms with van der Waals surface area (Å²) in [6.07, 6.45) is 9.55. The van der Waals surface area contributed by atoms with Crippen LogP contribution in [0.2, 0.25) is 0 Å². The van der Waals surface area contributed by atoms with Crippen LogP contribution in [0.4, 0.5) is 0 Å². The highest BCUT2D eigenvalue weighted by Gasteiger charge is 2.33. The Morgan fingerprint density at radius 1 is 1.19 bits per heavy atom. The molecule has 0 aliphatic heterocycles. The monoisotopic (exact) mass is 226 g/mol. The van der Waals surface area contributed by atoms with Crippen molar-refractivity contribution >= 4 is 0 Å². The minimum Gasteiger partial charge on any atom is -0.312 e. The predicted molar refractivity (Wildman–Crippen MR) is 71.9 cm³/mol. The van der Waals surface area contributed by atoms with E-state index in [0.717, 1.165) is 0 Å². The zero-order valence-electron chi connectivity index (χ0n) is 11.7. The molecule has 1 aliphatic carbocycles. The smallest absolute Gasteiger partial charge is 0.0327 e. The lowest BCUT2D eigenvalue weighted by Crippen LogP contribution is -2.54. The summed E-state index contributed by atoms with van der Waals surface area (Å²) in [5.74, 6) is 0. The second-order valence-electron chi connectivity index (χ2n) is 5.75. The van der Waals surface area contributed by atoms with E-state index in [9.17, 15) is 0 Å². The summed E-state index contributed by atoms with van der Waals surface area (Å²) in [5.41, 5.74) is 0.431. The number of nitrogens with zero attached hydrogens (tertiary/aromatic N) is 1. The third kappa shape index (κ3) is 3.74. The van der Waals surface area contributed by atoms with E-state index in [4.69, 9.17) is 0 Å². The lowest BCUT2D eigenvalue weighted by Gasteiger charge is -2.44. The summed E-state index contributed by atoms with van der Waals surface area (Å²) >= 11 is 0. The molecule has 0 aromatic rings. The van der Waals surface area contributed by atoms with E-state index in [-0.39, 0.29) is 0 Å². The summed E-state index contributed by atoms with van der Waals surface area (Å²) < 4.78 is 0. The summed E-state index contributed by atoms with van der Waals surface area (Å²) in [7, 11) is 4.50. The summed E-state index contributed by atoms with van der Waals surface area (Å²) in [4.78, 5) is 2.46. The highest BCUT2D eigenvalue weighted by Crippen LogP contribution is 2.31. The van der Waals surface area contributed by atoms with Crippen LogP contribution in [0.3, 0.4) is 0 Å². The Hall–Kier alpha value is -0.0800. The first-order chi connectivity index (χ1) is 7.60. The van der Waals surface area contributed by atoms with E-state index in [0.29, 0.717) is 11.6 Å². The maximum Gasteiger partial charge on any atom is 0.0327 e. The van der Waals surface area contributed by atoms with Gasteiger partial charge >= 0.3 is 0 Å². The maximum absolute atomic E-state index is 3.73. The molecular formula is C14H30N2. The average molecular weight is 226 g/mol. The molecule has 1 fully saturated rings. The molecule has 1 N–H and O–H groups in total. The van der Waals surface area contributed by atoms with Crippen LogP contribution in [-0.4, -0.2) is 37.1 Å². The second kappa shape index (κ2) is 6.61. The molecule has 1 unspecified atom stereocenters. The number of rotatable bonds is 6. The molecule has 0 spiro atoms. The molecular weight excluding hydrogens is 196 g/mol. The van der Waals surface area contributed by atoms with Gasteiger partial charge in [0.15, 0.2) is 0 Å². The van der Waals surface area contributed by atoms with Crippen molar-refractivity contribution in [2.24, 2.45) is 0 Å². The molecule has 0 saturated heterocycles. The van der Waals surface area contributed by atoms with Crippen molar-refractivity contribution in [1.29, 1.82) is 0 Å². The zero-order valence-corrected chi connectivity index (χ0v) is 11.7. The van der Waals surface area contributed by atoms with Crippen LogP contribution in [0, 0.1) is 0 Å². The number of hydrogen-bond donors (Lipinski definition) is 1. The molecule has 0 amide bonds. The molecule has 2 heteroatoms. The van der Waals surface area contributed by atoms with Gasteiger partial charge in [-0.05, 0) is 40.3 Å². The van der Waals surface area contributed by atoms with Crippen LogP contribution in [0.25, 0.3) is 0 Å². The number of hydrogen-bond acceptors (Lipinski definition) is 2. The molecule has 0 bridgehead atoms. The molecule has 0 aromatic heterocycles. The van der Waals surface area contributed by atoms with Gasteiger partial charge in [-0.1, -0.05) is 32.6 Å². The van der Waals surface area contributed by atoms with Crippen LogP contribution in [0.5, 0.6) is 0 Å². The molecule has 1 aliphatic rings. The van der Waals surface area contributed by atoms with E-state index >= 15 is 0 Å². The fourth-order valence-corrected chi connectivity index (χ4v) is 2.89. The lowest BCUT2D eigenvalue weighted by atomic mass is 9.80. The summed E-state index contributed by atoms with van der Waals surface area (Å²) in [5, 5.41) is 3.73. The Kier molecular flexibility index (Phi) is 5.77. The van der Waals surface area contributed by atoms with Gasteiger partial charge in [-0.3, -0.25) is 0 Å². The van der Waals surface area contributed by atoms with Crippen molar-refractivity contribution in [1.82, 2.24) is 10.2 Å². The molecule has 0 radical (unpaired) electrons. The SMILES string of the molecule is CCCC(C)NCC1(N(C)C)CCCCC1. The number of likely N-dealkylation sites (N-methyl/N-ethyl adjacent to an activating group) is 1. The third-order valence-electron chi connectivity index (χ3n) is 4.23. The zero-order chi connectivity index (χ0) is 12.0. The molecule has 0 aromatic carbocycles. The van der Waals surface area contributed by atoms with E-state index < -0.39 is 0 Å². The standard InChI is InChI=1S/C14H30N2/c1-5-9-13(2)15-12-14(16(3)4)10-7-6-8-11-14/h13,15H,5-12H2,1-4H3. The first kappa shape index (κ1) is 14.0. The molecule has 1 rings (SSSR count). The Labute approximate surface area is 102 Å². The van der Waals surface area contributed by atoms with E-state index in [1.807, 2.05) is 0 Å². The Bertz CT molecular complexity index is 183. The van der Waals surface area contributed by atoms with Crippen molar-refractivity contribution < 1.29 is 0 Å². The van der Waals surface area contributed by atoms with Crippen molar-refractivity contribution in [3.8, 4) is 0 Å². The van der Waals surface area contributed by atoms with Gasteiger partial charge in [0.2, 0.25) is 0 Å². The van der Waals surface area contributed by atoms with Crippen molar-refractivity contribution in [2.45, 2.75) is 70.4 Å². The largest absolute Gasteiger partial charge is 0.312 e. The molecule has 96 valence electrons. The normalized spacial score (nSPS) is 22.3. The minimum absolute atomic E-state index is 0.431. The highest BCUT2D eigenvalue weighted by molar-refractivity contribution is 4.93. The minimum atomic E-state index is 0.431. The molecule has 1 atom stereocenters. The molecule has 16 heavy (non-hydrogen) atoms. The van der Waals surface area contributed by atoms with Crippen LogP contribution in [-0.2, 0) is 0 Å². The van der Waals surface area contributed by atoms with Gasteiger partial charge in [0.1, 0.15) is 0 Å². The van der Waals surface area contributed by atoms with Gasteiger partial charge < -0.3 is 10.2 Å². The maximum atomic E-state index is 3.73. The first-order valence-corrected chi connectivity index (χ1v) is 7.01. The van der Waals surface area contributed by atoms with Gasteiger partial charge in [-0.25, -0.2) is 0 Å². The average Bonchev–Trinajstić information content (AvgIpc) is 2.28. The Morgan fingerprint density at radius 2 is 1.81 bits per heavy atom. The van der Waals surface area contributed by atoms with Gasteiger partial charge in [0, 0.05) is 18.1 Å². The van der Waals surface area contributed by atoms with Crippen LogP contribution < -0.4 is 5.32 Å². The van der Waals surface area contributed by atoms with Gasteiger partial charge in [0.05, 0.1) is 0 Å². The Morgan fingerprint density at radius 3 is 2.31 bits per heavy atom. The number of nitrogens with one attached hydrogen (secondary N) is 1. The van der Waals surface area contributed by atoms with Gasteiger partial charge in [0.25, 0.3) is 0 Å². The fraction of sp³-hybridized carbons (Fsp3) is 1.00. The molecule has 0 heterocycles. The van der Waals surface area contributed by atoms with Crippen molar-refractivity contribution in [2.75, 3.05) is 20.6 Å². The van der Waals surface area contributed by atoms with Gasteiger partial charge in [-0.2, -0.15) is 0 Å². The molecule has 1 saturated carbocycles. The van der Waals surface area contributed by atoms with Crippen molar-refractivity contribution in [3.05, 3.63) is 0 Å². The summed E-state index contributed by atoms with van der Waals surface area (Å²) in [6, 6.07) is 0.670. The lowest BCUT2D eigenvalue weighted by molar-refractivity contribution is 0.0954. The quantitative estimate of drug-likeness (QED) is 0.749. The van der Waals surface area contributed by atoms with E-state index in [1.165, 1.54) is 51.5 Å². The third-order valence-corrected chi connectivity index (χ3v) is 4.23. The Balaban J connectivity index is 2.44. The first-order valence-electron chi connectivity index (χ1n) is 7.01.